The molecule has 0 saturated heterocycles. The summed E-state index contributed by atoms with van der Waals surface area (Å²) in [5.41, 5.74) is 33.4. The van der Waals surface area contributed by atoms with Crippen molar-refractivity contribution in [2.24, 2.45) is 41.6 Å². The van der Waals surface area contributed by atoms with Crippen LogP contribution in [-0.4, -0.2) is 131 Å². The van der Waals surface area contributed by atoms with E-state index in [1.54, 1.807) is 24.5 Å². The van der Waals surface area contributed by atoms with Crippen LogP contribution in [0.1, 0.15) is 94.9 Å². The summed E-state index contributed by atoms with van der Waals surface area (Å²) >= 11 is 2.21. The van der Waals surface area contributed by atoms with Gasteiger partial charge in [0.15, 0.2) is 40.6 Å². The van der Waals surface area contributed by atoms with Crippen molar-refractivity contribution in [2.75, 3.05) is 26.6 Å². The molecule has 5 aliphatic heterocycles. The summed E-state index contributed by atoms with van der Waals surface area (Å²) in [7, 11) is 0. The summed E-state index contributed by atoms with van der Waals surface area (Å²) in [4.78, 5) is 106. The number of oxime groups is 1. The summed E-state index contributed by atoms with van der Waals surface area (Å²) < 4.78 is 23.4. The van der Waals surface area contributed by atoms with Crippen LogP contribution in [0.5, 0.6) is 40.6 Å². The average Bonchev–Trinajstić information content (AvgIpc) is 1.61. The number of aryl methyl sites for hydroxylation is 3. The first kappa shape index (κ1) is 94.2. The average molecular weight is 2030 g/mol. The van der Waals surface area contributed by atoms with Crippen LogP contribution < -0.4 is 24.7 Å². The second-order valence-corrected chi connectivity index (χ2v) is 36.8. The normalized spacial score (nSPS) is 13.4. The fourth-order valence-electron chi connectivity index (χ4n) is 18.0. The van der Waals surface area contributed by atoms with Crippen LogP contribution in [0.15, 0.2) is 328 Å². The second kappa shape index (κ2) is 40.4. The van der Waals surface area contributed by atoms with Crippen molar-refractivity contribution in [3.05, 3.63) is 367 Å². The Morgan fingerprint density at radius 3 is 1.70 bits per heavy atom. The molecule has 10 aromatic carbocycles. The highest BCUT2D eigenvalue weighted by Crippen LogP contribution is 2.49. The molecule has 0 saturated carbocycles. The molecule has 1 amide bonds. The molecule has 20 aromatic rings. The molecule has 11 N–H and O–H groups in total. The number of hydrogen-bond acceptors (Lipinski definition) is 23. The largest absolute Gasteiger partial charge is 0.494 e. The number of aromatic nitrogens is 11. The van der Waals surface area contributed by atoms with Gasteiger partial charge < -0.3 is 74.7 Å². The van der Waals surface area contributed by atoms with Gasteiger partial charge in [-0.15, -0.1) is 9.81 Å². The van der Waals surface area contributed by atoms with Crippen molar-refractivity contribution in [3.8, 4) is 97.2 Å². The molecule has 0 bridgehead atoms. The van der Waals surface area contributed by atoms with E-state index in [0.29, 0.717) is 93.5 Å². The van der Waals surface area contributed by atoms with Gasteiger partial charge in [-0.1, -0.05) is 165 Å². The number of carbonyl (C=O) groups is 2. The Hall–Kier alpha value is -18.4. The number of rotatable bonds is 14. The van der Waals surface area contributed by atoms with E-state index >= 15 is 0 Å². The summed E-state index contributed by atoms with van der Waals surface area (Å²) in [6, 6.07) is 86.7. The van der Waals surface area contributed by atoms with E-state index in [4.69, 9.17) is 44.5 Å². The molecule has 15 heterocycles. The molecule has 145 heavy (non-hydrogen) atoms. The monoisotopic (exact) mass is 2030 g/mol. The van der Waals surface area contributed by atoms with Crippen LogP contribution in [0.3, 0.4) is 0 Å². The number of pyridine rings is 4. The van der Waals surface area contributed by atoms with E-state index in [-0.39, 0.29) is 29.8 Å². The van der Waals surface area contributed by atoms with Crippen molar-refractivity contribution in [1.29, 1.82) is 0 Å². The minimum absolute atomic E-state index is 0.00248. The van der Waals surface area contributed by atoms with Gasteiger partial charge in [-0.2, -0.15) is 0 Å². The van der Waals surface area contributed by atoms with Crippen LogP contribution in [0.2, 0.25) is 0 Å². The van der Waals surface area contributed by atoms with Crippen molar-refractivity contribution >= 4 is 157 Å². The van der Waals surface area contributed by atoms with Crippen molar-refractivity contribution < 1.29 is 48.7 Å². The molecular formula is C114H91IN18O12. The number of allylic oxidation sites excluding steroid dienone is 2. The molecule has 0 unspecified atom stereocenters. The van der Waals surface area contributed by atoms with Crippen molar-refractivity contribution in [2.45, 2.75) is 54.9 Å². The standard InChI is InChI=1S/C23H18N4O3.C21H22N2O2.C19H15N3O3.C18H13N3.C17H13N3O2.C16H10IN3O2/c24-22(28)14-4-6-15(7-5-14)23-26-20(21(27-23)17-3-1-2-10-25-17)16-8-9-18-19(13-16)30-12-11-29-18;1-13-6-5-7-16(22-13)20-15(11-19(23-20)21(2,3)4)14-8-9-17-18(10-14)25-12-24-17;1-10-7-8-12-15(9-10)21-19(24)16(12)18-17(22-25-11(2)23)13-5-3-4-6-14(13)20-18;1-2-6-16-14(5-1)13(8-11-20-16)15-9-12-21-18(15)17-7-3-4-10-19-17;1-9-6-7-10-13(8-9)19-17(21)14(10)16-15(20-22)11-4-2-3-5-12(11)18-16;17-8-5-6-12-10(7-8)13(16(21)19-12)15-14(20-22)9-3-1-2-4-11(9)18-15/h1-10,13H,11-12H2,(H2,24,28)(H,26,27);5-10H,11-12H2,1-4H3;3-9,21,24H,1-2H3;1-11H,12H2;2-8,18-19,21H,1H3;1-7,18-19,21H/b;;22-17-;;;. The number of nitrogens with one attached hydrogen (secondary N) is 6. The number of fused-ring (bicyclic) bond motifs is 9. The number of aromatic amines is 6. The van der Waals surface area contributed by atoms with Gasteiger partial charge in [0.1, 0.15) is 41.8 Å². The Morgan fingerprint density at radius 2 is 1.04 bits per heavy atom. The van der Waals surface area contributed by atoms with Gasteiger partial charge >= 0.3 is 5.97 Å². The van der Waals surface area contributed by atoms with Gasteiger partial charge in [0, 0.05) is 140 Å². The molecule has 5 aliphatic rings. The molecule has 716 valence electrons. The lowest BCUT2D eigenvalue weighted by Gasteiger charge is -2.18. The van der Waals surface area contributed by atoms with Crippen LogP contribution in [0.25, 0.3) is 139 Å². The van der Waals surface area contributed by atoms with E-state index in [0.717, 1.165) is 177 Å². The third kappa shape index (κ3) is 19.4. The molecular weight excluding hydrogens is 1940 g/mol. The molecule has 25 rings (SSSR count). The Bertz CT molecular complexity index is 8710. The lowest BCUT2D eigenvalue weighted by molar-refractivity contribution is -0.140. The van der Waals surface area contributed by atoms with Crippen molar-refractivity contribution in [3.63, 3.8) is 0 Å². The van der Waals surface area contributed by atoms with E-state index < -0.39 is 11.9 Å². The number of nitrogens with zero attached hydrogens (tertiary/aromatic N) is 11. The zero-order valence-corrected chi connectivity index (χ0v) is 81.4. The predicted molar refractivity (Wildman–Crippen MR) is 576 cm³/mol. The number of primary amides is 1. The number of nitroso groups, excluding NO2 is 2. The van der Waals surface area contributed by atoms with Gasteiger partial charge in [-0.3, -0.25) is 34.7 Å². The number of nitrogens with two attached hydrogens (primary N) is 1. The number of benzene rings is 10. The molecule has 0 spiro atoms. The number of imidazole rings is 1. The number of aromatic hydroxyl groups is 3. The Labute approximate surface area is 841 Å². The first-order chi connectivity index (χ1) is 70.4. The van der Waals surface area contributed by atoms with E-state index in [9.17, 15) is 34.7 Å². The number of ether oxygens (including phenoxy) is 4. The smallest absolute Gasteiger partial charge is 0.332 e. The fourth-order valence-corrected chi connectivity index (χ4v) is 18.5. The maximum Gasteiger partial charge on any atom is 0.332 e. The Kier molecular flexibility index (Phi) is 26.3. The van der Waals surface area contributed by atoms with E-state index in [2.05, 4.69) is 144 Å². The molecule has 31 heteroatoms. The first-order valence-corrected chi connectivity index (χ1v) is 47.5. The minimum Gasteiger partial charge on any atom is -0.494 e. The number of aliphatic imine (C=N–C) groups is 3. The molecule has 0 aliphatic carbocycles. The zero-order chi connectivity index (χ0) is 100. The van der Waals surface area contributed by atoms with Gasteiger partial charge in [-0.05, 0) is 221 Å². The highest BCUT2D eigenvalue weighted by atomic mass is 127. The lowest BCUT2D eigenvalue weighted by Crippen LogP contribution is -2.18. The SMILES string of the molecule is C1=C(c2ccnc3ccccc23)C(c2ccccn2)=NC1.CC(=O)O/N=C1\C(c2c(O)[nH]c3cc(C)ccc23)=Nc2ccccc21.Cc1ccc2c(-c3[nH]c4ccccc4c3N=O)c(O)[nH]c2c1.Cc1cccc(C2=C(c3ccc4c(c3)OCO4)CC(C(C)(C)C)=N2)n1.NC(=O)c1ccc(-c2nc(-c3ccc4c(c3)OCCO4)c(-c3ccccn3)[nH]2)cc1.O=Nc1c(-c2c(O)[nH]c3ccc(I)cc23)[nH]c2ccccc12. The predicted octanol–water partition coefficient (Wildman–Crippen LogP) is 25.4. The number of H-pyrrole nitrogens is 6. The third-order valence-electron chi connectivity index (χ3n) is 24.9. The first-order valence-electron chi connectivity index (χ1n) is 46.4. The van der Waals surface area contributed by atoms with E-state index in [1.807, 2.05) is 264 Å². The quantitative estimate of drug-likeness (QED) is 0.0209. The molecule has 10 aromatic heterocycles. The number of amides is 1. The maximum absolute atomic E-state index is 11.4. The van der Waals surface area contributed by atoms with Crippen LogP contribution in [0.4, 0.5) is 17.1 Å². The van der Waals surface area contributed by atoms with Crippen LogP contribution in [-0.2, 0) is 9.63 Å². The number of carbonyl (C=O) groups excluding carboxylic acids is 2. The molecule has 0 radical (unpaired) electrons. The molecule has 30 nitrogen and oxygen atoms in total. The summed E-state index contributed by atoms with van der Waals surface area (Å²) in [5.74, 6) is 2.75. The topological polar surface area (TPSA) is 434 Å². The fraction of sp³-hybridized carbons (Fsp3) is 0.114. The summed E-state index contributed by atoms with van der Waals surface area (Å²) in [6.45, 7) is 15.9. The Balaban J connectivity index is 0.000000106. The second-order valence-electron chi connectivity index (χ2n) is 35.6. The highest BCUT2D eigenvalue weighted by molar-refractivity contribution is 14.1. The zero-order valence-electron chi connectivity index (χ0n) is 79.2. The molecule has 0 atom stereocenters. The van der Waals surface area contributed by atoms with Crippen LogP contribution >= 0.6 is 22.6 Å². The summed E-state index contributed by atoms with van der Waals surface area (Å²) in [6.07, 6.45) is 8.39. The number of para-hydroxylation sites is 4. The van der Waals surface area contributed by atoms with Gasteiger partial charge in [0.25, 0.3) is 0 Å². The minimum atomic E-state index is -0.519. The number of hydrogen-bond donors (Lipinski definition) is 10. The van der Waals surface area contributed by atoms with Crippen LogP contribution in [0, 0.1) is 39.6 Å². The van der Waals surface area contributed by atoms with E-state index in [1.165, 1.54) is 23.8 Å². The van der Waals surface area contributed by atoms with Gasteiger partial charge in [0.05, 0.1) is 85.7 Å². The third-order valence-corrected chi connectivity index (χ3v) is 25.6. The van der Waals surface area contributed by atoms with Crippen molar-refractivity contribution in [1.82, 2.24) is 54.8 Å². The van der Waals surface area contributed by atoms with Gasteiger partial charge in [-0.25, -0.2) is 14.8 Å². The molecule has 0 fully saturated rings. The summed E-state index contributed by atoms with van der Waals surface area (Å²) in [5, 5.41) is 46.6. The maximum atomic E-state index is 11.4. The Morgan fingerprint density at radius 1 is 0.469 bits per heavy atom. The van der Waals surface area contributed by atoms with Gasteiger partial charge in [0.2, 0.25) is 12.7 Å². The lowest BCUT2D eigenvalue weighted by atomic mass is 9.86. The number of halogens is 1. The highest BCUT2D eigenvalue weighted by Gasteiger charge is 2.34.